The van der Waals surface area contributed by atoms with Crippen LogP contribution < -0.4 is 20.1 Å². The number of carbonyl (C=O) groups excluding carboxylic acids is 2. The number of halogens is 3. The molecule has 0 aliphatic rings. The van der Waals surface area contributed by atoms with Crippen molar-refractivity contribution in [2.45, 2.75) is 0 Å². The number of benzene rings is 2. The van der Waals surface area contributed by atoms with E-state index in [-0.39, 0.29) is 46.0 Å². The first-order chi connectivity index (χ1) is 17.3. The molecule has 0 aliphatic carbocycles. The average molecular weight is 498 g/mol. The predicted octanol–water partition coefficient (Wildman–Crippen LogP) is 4.57. The molecule has 0 saturated carbocycles. The molecule has 2 heterocycles. The quantitative estimate of drug-likeness (QED) is 0.384. The van der Waals surface area contributed by atoms with Gasteiger partial charge in [0.25, 0.3) is 11.8 Å². The van der Waals surface area contributed by atoms with Crippen molar-refractivity contribution >= 4 is 17.5 Å². The molecule has 184 valence electrons. The Kier molecular flexibility index (Phi) is 6.86. The molecule has 0 fully saturated rings. The molecule has 2 amide bonds. The van der Waals surface area contributed by atoms with Gasteiger partial charge in [-0.1, -0.05) is 0 Å². The van der Waals surface area contributed by atoms with E-state index >= 15 is 0 Å². The van der Waals surface area contributed by atoms with E-state index < -0.39 is 29.3 Å². The van der Waals surface area contributed by atoms with Gasteiger partial charge in [0.1, 0.15) is 11.4 Å². The first-order valence-corrected chi connectivity index (χ1v) is 10.3. The van der Waals surface area contributed by atoms with Gasteiger partial charge in [-0.05, 0) is 36.4 Å². The Morgan fingerprint density at radius 2 is 1.75 bits per heavy atom. The lowest BCUT2D eigenvalue weighted by molar-refractivity contribution is 0.0957. The average Bonchev–Trinajstić information content (AvgIpc) is 3.32. The van der Waals surface area contributed by atoms with Crippen LogP contribution in [0.5, 0.6) is 17.6 Å². The maximum Gasteiger partial charge on any atom is 0.394 e. The Hall–Kier alpha value is -4.87. The molecule has 36 heavy (non-hydrogen) atoms. The lowest BCUT2D eigenvalue weighted by Gasteiger charge is -2.10. The number of oxazole rings is 1. The Morgan fingerprint density at radius 3 is 2.44 bits per heavy atom. The van der Waals surface area contributed by atoms with Crippen LogP contribution in [0.25, 0.3) is 11.3 Å². The van der Waals surface area contributed by atoms with Crippen LogP contribution >= 0.6 is 0 Å². The minimum absolute atomic E-state index is 0.0400. The first kappa shape index (κ1) is 24.3. The smallest absolute Gasteiger partial charge is 0.394 e. The van der Waals surface area contributed by atoms with Crippen molar-refractivity contribution < 1.29 is 36.7 Å². The summed E-state index contributed by atoms with van der Waals surface area (Å²) in [7, 11) is 2.69. The van der Waals surface area contributed by atoms with Gasteiger partial charge in [-0.3, -0.25) is 14.6 Å². The van der Waals surface area contributed by atoms with Crippen molar-refractivity contribution in [2.75, 3.05) is 19.5 Å². The number of hydrogen-bond acceptors (Lipinski definition) is 7. The molecule has 12 heteroatoms. The number of pyridine rings is 1. The molecule has 0 atom stereocenters. The summed E-state index contributed by atoms with van der Waals surface area (Å²) in [5.41, 5.74) is -0.127. The minimum Gasteiger partial charge on any atom is -0.454 e. The molecular weight excluding hydrogens is 481 g/mol. The van der Waals surface area contributed by atoms with Gasteiger partial charge < -0.3 is 24.5 Å². The first-order valence-electron chi connectivity index (χ1n) is 10.3. The van der Waals surface area contributed by atoms with E-state index in [0.717, 1.165) is 18.2 Å². The second kappa shape index (κ2) is 10.2. The highest BCUT2D eigenvalue weighted by atomic mass is 19.2. The SMILES string of the molecule is CNC(=O)c1cc(Oc2ccc(NC(=O)c3nc(OC)oc3-c3ccc(F)c(F)c3)cc2F)ccn1. The Bertz CT molecular complexity index is 1460. The number of aromatic nitrogens is 2. The van der Waals surface area contributed by atoms with Crippen LogP contribution in [-0.4, -0.2) is 35.9 Å². The lowest BCUT2D eigenvalue weighted by atomic mass is 10.1. The van der Waals surface area contributed by atoms with Crippen LogP contribution in [0.2, 0.25) is 0 Å². The molecule has 0 radical (unpaired) electrons. The van der Waals surface area contributed by atoms with Gasteiger partial charge in [-0.15, -0.1) is 0 Å². The van der Waals surface area contributed by atoms with Crippen molar-refractivity contribution in [3.8, 4) is 28.9 Å². The Balaban J connectivity index is 1.55. The third kappa shape index (κ3) is 5.12. The second-order valence-corrected chi connectivity index (χ2v) is 7.15. The topological polar surface area (TPSA) is 116 Å². The number of nitrogens with zero attached hydrogens (tertiary/aromatic N) is 2. The number of nitrogens with one attached hydrogen (secondary N) is 2. The number of carbonyl (C=O) groups is 2. The zero-order valence-corrected chi connectivity index (χ0v) is 18.8. The van der Waals surface area contributed by atoms with Gasteiger partial charge >= 0.3 is 6.08 Å². The number of hydrogen-bond donors (Lipinski definition) is 2. The number of ether oxygens (including phenoxy) is 2. The Labute approximate surface area is 201 Å². The number of anilines is 1. The minimum atomic E-state index is -1.15. The van der Waals surface area contributed by atoms with Crippen LogP contribution in [0, 0.1) is 17.5 Å². The van der Waals surface area contributed by atoms with Crippen molar-refractivity contribution in [3.05, 3.63) is 83.6 Å². The molecule has 4 aromatic rings. The maximum absolute atomic E-state index is 14.7. The summed E-state index contributed by atoms with van der Waals surface area (Å²) in [6.07, 6.45) is 1.05. The summed E-state index contributed by atoms with van der Waals surface area (Å²) >= 11 is 0. The number of methoxy groups -OCH3 is 1. The van der Waals surface area contributed by atoms with E-state index in [0.29, 0.717) is 0 Å². The number of rotatable bonds is 7. The van der Waals surface area contributed by atoms with Crippen LogP contribution in [0.15, 0.2) is 59.1 Å². The largest absolute Gasteiger partial charge is 0.454 e. The van der Waals surface area contributed by atoms with Crippen molar-refractivity contribution in [2.24, 2.45) is 0 Å². The molecular formula is C24H17F3N4O5. The highest BCUT2D eigenvalue weighted by Crippen LogP contribution is 2.31. The molecule has 4 rings (SSSR count). The van der Waals surface area contributed by atoms with Crippen molar-refractivity contribution in [1.82, 2.24) is 15.3 Å². The summed E-state index contributed by atoms with van der Waals surface area (Å²) in [4.78, 5) is 32.4. The fourth-order valence-corrected chi connectivity index (χ4v) is 3.08. The van der Waals surface area contributed by atoms with Crippen LogP contribution in [-0.2, 0) is 0 Å². The third-order valence-corrected chi connectivity index (χ3v) is 4.79. The van der Waals surface area contributed by atoms with Crippen molar-refractivity contribution in [1.29, 1.82) is 0 Å². The van der Waals surface area contributed by atoms with Crippen LogP contribution in [0.1, 0.15) is 21.0 Å². The molecule has 2 aromatic heterocycles. The van der Waals surface area contributed by atoms with Gasteiger partial charge in [-0.2, -0.15) is 4.98 Å². The van der Waals surface area contributed by atoms with E-state index in [4.69, 9.17) is 13.9 Å². The monoisotopic (exact) mass is 498 g/mol. The van der Waals surface area contributed by atoms with Crippen LogP contribution in [0.3, 0.4) is 0 Å². The highest BCUT2D eigenvalue weighted by molar-refractivity contribution is 6.06. The van der Waals surface area contributed by atoms with E-state index in [1.807, 2.05) is 0 Å². The van der Waals surface area contributed by atoms with Gasteiger partial charge in [0.2, 0.25) is 0 Å². The van der Waals surface area contributed by atoms with Crippen LogP contribution in [0.4, 0.5) is 18.9 Å². The molecule has 0 aliphatic heterocycles. The van der Waals surface area contributed by atoms with E-state index in [1.165, 1.54) is 50.7 Å². The summed E-state index contributed by atoms with van der Waals surface area (Å²) in [5.74, 6) is -4.48. The lowest BCUT2D eigenvalue weighted by Crippen LogP contribution is -2.18. The normalized spacial score (nSPS) is 10.6. The Morgan fingerprint density at radius 1 is 0.944 bits per heavy atom. The summed E-state index contributed by atoms with van der Waals surface area (Å²) in [5, 5.41) is 4.87. The zero-order chi connectivity index (χ0) is 25.8. The van der Waals surface area contributed by atoms with E-state index in [2.05, 4.69) is 20.6 Å². The summed E-state index contributed by atoms with van der Waals surface area (Å²) in [6.45, 7) is 0. The molecule has 0 spiro atoms. The molecule has 0 bridgehead atoms. The number of amides is 2. The molecule has 0 saturated heterocycles. The molecule has 9 nitrogen and oxygen atoms in total. The van der Waals surface area contributed by atoms with E-state index in [1.54, 1.807) is 0 Å². The molecule has 0 unspecified atom stereocenters. The zero-order valence-electron chi connectivity index (χ0n) is 18.8. The van der Waals surface area contributed by atoms with Gasteiger partial charge in [-0.25, -0.2) is 13.2 Å². The molecule has 2 N–H and O–H groups in total. The fourth-order valence-electron chi connectivity index (χ4n) is 3.08. The second-order valence-electron chi connectivity index (χ2n) is 7.15. The van der Waals surface area contributed by atoms with E-state index in [9.17, 15) is 22.8 Å². The van der Waals surface area contributed by atoms with Gasteiger partial charge in [0.05, 0.1) is 7.11 Å². The van der Waals surface area contributed by atoms with Crippen molar-refractivity contribution in [3.63, 3.8) is 0 Å². The third-order valence-electron chi connectivity index (χ3n) is 4.79. The highest BCUT2D eigenvalue weighted by Gasteiger charge is 2.23. The maximum atomic E-state index is 14.7. The predicted molar refractivity (Wildman–Crippen MR) is 120 cm³/mol. The van der Waals surface area contributed by atoms with Gasteiger partial charge in [0.15, 0.2) is 34.7 Å². The van der Waals surface area contributed by atoms with Gasteiger partial charge in [0, 0.05) is 36.6 Å². The molecule has 2 aromatic carbocycles. The summed E-state index contributed by atoms with van der Waals surface area (Å²) < 4.78 is 57.4. The standard InChI is InChI=1S/C24H17F3N4O5/c1-28-22(32)18-11-14(7-8-29-18)35-19-6-4-13(10-17(19)27)30-23(33)20-21(36-24(31-20)34-2)12-3-5-15(25)16(26)9-12/h3-11H,1-2H3,(H,28,32)(H,30,33). The summed E-state index contributed by atoms with van der Waals surface area (Å²) in [6, 6.07) is 9.34. The fraction of sp³-hybridized carbons (Fsp3) is 0.0833.